The van der Waals surface area contributed by atoms with Crippen molar-refractivity contribution in [3.8, 4) is 11.1 Å². The molecule has 0 aliphatic carbocycles. The van der Waals surface area contributed by atoms with Crippen LogP contribution in [0.4, 0.5) is 0 Å². The fourth-order valence-corrected chi connectivity index (χ4v) is 4.72. The van der Waals surface area contributed by atoms with E-state index in [1.165, 1.54) is 3.97 Å². The largest absolute Gasteiger partial charge is 0.388 e. The van der Waals surface area contributed by atoms with Gasteiger partial charge >= 0.3 is 0 Å². The van der Waals surface area contributed by atoms with Gasteiger partial charge in [0.25, 0.3) is 10.0 Å². The first kappa shape index (κ1) is 20.1. The molecule has 0 fully saturated rings. The van der Waals surface area contributed by atoms with Crippen molar-refractivity contribution in [1.82, 2.24) is 3.97 Å². The summed E-state index contributed by atoms with van der Waals surface area (Å²) in [6.07, 6.45) is 2.83. The number of benzene rings is 3. The van der Waals surface area contributed by atoms with Gasteiger partial charge in [0.1, 0.15) is 0 Å². The number of nitrogens with zero attached hydrogens (tertiary/aromatic N) is 1. The highest BCUT2D eigenvalue weighted by Gasteiger charge is 2.21. The van der Waals surface area contributed by atoms with E-state index in [1.807, 2.05) is 67.6 Å². The van der Waals surface area contributed by atoms with Crippen LogP contribution in [0.5, 0.6) is 0 Å². The maximum absolute atomic E-state index is 13.2. The minimum Gasteiger partial charge on any atom is -0.388 e. The molecule has 0 saturated heterocycles. The van der Waals surface area contributed by atoms with E-state index >= 15 is 0 Å². The van der Waals surface area contributed by atoms with Crippen LogP contribution in [0.1, 0.15) is 22.8 Å². The molecule has 0 spiro atoms. The smallest absolute Gasteiger partial charge is 0.267 e. The van der Waals surface area contributed by atoms with Crippen LogP contribution in [0.2, 0.25) is 0 Å². The molecule has 1 atom stereocenters. The molecule has 152 valence electrons. The average molecular weight is 418 g/mol. The third-order valence-electron chi connectivity index (χ3n) is 5.16. The van der Waals surface area contributed by atoms with Crippen LogP contribution in [0.25, 0.3) is 11.1 Å². The lowest BCUT2D eigenvalue weighted by Gasteiger charge is -2.11. The van der Waals surface area contributed by atoms with E-state index in [0.717, 1.165) is 27.8 Å². The van der Waals surface area contributed by atoms with Crippen molar-refractivity contribution in [2.75, 3.05) is 0 Å². The summed E-state index contributed by atoms with van der Waals surface area (Å²) < 4.78 is 27.7. The quantitative estimate of drug-likeness (QED) is 0.481. The molecule has 0 radical (unpaired) electrons. The summed E-state index contributed by atoms with van der Waals surface area (Å²) in [5.41, 5.74) is 4.27. The monoisotopic (exact) mass is 417 g/mol. The van der Waals surface area contributed by atoms with Crippen LogP contribution in [-0.4, -0.2) is 17.5 Å². The molecule has 1 N–H and O–H groups in total. The number of aliphatic hydroxyl groups excluding tert-OH is 1. The zero-order valence-corrected chi connectivity index (χ0v) is 17.5. The van der Waals surface area contributed by atoms with Crippen LogP contribution >= 0.6 is 0 Å². The van der Waals surface area contributed by atoms with Crippen LogP contribution in [-0.2, 0) is 16.4 Å². The number of hydrogen-bond donors (Lipinski definition) is 1. The Morgan fingerprint density at radius 1 is 0.833 bits per heavy atom. The van der Waals surface area contributed by atoms with E-state index in [0.29, 0.717) is 6.42 Å². The Hall–Kier alpha value is -3.15. The van der Waals surface area contributed by atoms with E-state index in [9.17, 15) is 13.5 Å². The predicted octanol–water partition coefficient (Wildman–Crippen LogP) is 4.98. The molecular formula is C25H23NO3S. The lowest BCUT2D eigenvalue weighted by Crippen LogP contribution is -2.11. The Kier molecular flexibility index (Phi) is 5.57. The zero-order chi connectivity index (χ0) is 21.1. The summed E-state index contributed by atoms with van der Waals surface area (Å²) >= 11 is 0. The second kappa shape index (κ2) is 8.30. The van der Waals surface area contributed by atoms with Crippen molar-refractivity contribution in [2.45, 2.75) is 24.3 Å². The SMILES string of the molecule is Cc1ccc(S(=O)(=O)n2cc(CC(O)c3ccccc3)c(-c3ccccc3)c2)cc1. The highest BCUT2D eigenvalue weighted by molar-refractivity contribution is 7.90. The lowest BCUT2D eigenvalue weighted by molar-refractivity contribution is 0.178. The van der Waals surface area contributed by atoms with Crippen LogP contribution in [0.15, 0.2) is 102 Å². The number of aryl methyl sites for hydroxylation is 1. The van der Waals surface area contributed by atoms with Gasteiger partial charge in [-0.25, -0.2) is 12.4 Å². The second-order valence-corrected chi connectivity index (χ2v) is 9.18. The Labute approximate surface area is 177 Å². The Balaban J connectivity index is 1.77. The van der Waals surface area contributed by atoms with E-state index in [4.69, 9.17) is 0 Å². The van der Waals surface area contributed by atoms with Crippen molar-refractivity contribution in [3.63, 3.8) is 0 Å². The molecule has 4 aromatic rings. The molecule has 1 aromatic heterocycles. The summed E-state index contributed by atoms with van der Waals surface area (Å²) in [5.74, 6) is 0. The van der Waals surface area contributed by atoms with E-state index in [1.54, 1.807) is 36.7 Å². The Morgan fingerprint density at radius 3 is 2.07 bits per heavy atom. The molecule has 3 aromatic carbocycles. The van der Waals surface area contributed by atoms with Gasteiger partial charge in [-0.1, -0.05) is 78.4 Å². The highest BCUT2D eigenvalue weighted by Crippen LogP contribution is 2.30. The van der Waals surface area contributed by atoms with E-state index in [2.05, 4.69) is 0 Å². The topological polar surface area (TPSA) is 59.3 Å². The van der Waals surface area contributed by atoms with Crippen LogP contribution < -0.4 is 0 Å². The van der Waals surface area contributed by atoms with Crippen molar-refractivity contribution in [1.29, 1.82) is 0 Å². The fourth-order valence-electron chi connectivity index (χ4n) is 3.48. The van der Waals surface area contributed by atoms with E-state index in [-0.39, 0.29) is 4.90 Å². The molecule has 1 heterocycles. The molecule has 5 heteroatoms. The lowest BCUT2D eigenvalue weighted by atomic mass is 9.97. The molecule has 0 saturated carbocycles. The molecule has 4 rings (SSSR count). The first-order valence-corrected chi connectivity index (χ1v) is 11.2. The standard InChI is InChI=1S/C25H23NO3S/c1-19-12-14-23(15-13-19)30(28,29)26-17-22(16-25(27)21-10-6-3-7-11-21)24(18-26)20-8-4-2-5-9-20/h2-15,17-18,25,27H,16H2,1H3. The van der Waals surface area contributed by atoms with Gasteiger partial charge in [-0.05, 0) is 35.7 Å². The third kappa shape index (κ3) is 4.08. The molecular weight excluding hydrogens is 394 g/mol. The predicted molar refractivity (Wildman–Crippen MR) is 119 cm³/mol. The van der Waals surface area contributed by atoms with Gasteiger partial charge in [-0.3, -0.25) is 0 Å². The maximum atomic E-state index is 13.2. The van der Waals surface area contributed by atoms with Gasteiger partial charge in [0.15, 0.2) is 0 Å². The van der Waals surface area contributed by atoms with Crippen molar-refractivity contribution >= 4 is 10.0 Å². The minimum atomic E-state index is -3.73. The fraction of sp³-hybridized carbons (Fsp3) is 0.120. The van der Waals surface area contributed by atoms with Gasteiger partial charge in [-0.15, -0.1) is 0 Å². The van der Waals surface area contributed by atoms with Gasteiger partial charge < -0.3 is 5.11 Å². The number of rotatable bonds is 6. The molecule has 0 amide bonds. The maximum Gasteiger partial charge on any atom is 0.267 e. The molecule has 0 bridgehead atoms. The minimum absolute atomic E-state index is 0.234. The average Bonchev–Trinajstić information content (AvgIpc) is 3.20. The first-order chi connectivity index (χ1) is 14.4. The van der Waals surface area contributed by atoms with Crippen molar-refractivity contribution in [2.24, 2.45) is 0 Å². The summed E-state index contributed by atoms with van der Waals surface area (Å²) in [6, 6.07) is 25.8. The van der Waals surface area contributed by atoms with E-state index < -0.39 is 16.1 Å². The summed E-state index contributed by atoms with van der Waals surface area (Å²) in [5, 5.41) is 10.7. The molecule has 0 aliphatic heterocycles. The number of hydrogen-bond acceptors (Lipinski definition) is 3. The molecule has 30 heavy (non-hydrogen) atoms. The normalized spacial score (nSPS) is 12.6. The van der Waals surface area contributed by atoms with Crippen molar-refractivity contribution in [3.05, 3.63) is 114 Å². The van der Waals surface area contributed by atoms with Gasteiger partial charge in [0.2, 0.25) is 0 Å². The second-order valence-electron chi connectivity index (χ2n) is 7.34. The van der Waals surface area contributed by atoms with Crippen LogP contribution in [0.3, 0.4) is 0 Å². The van der Waals surface area contributed by atoms with Crippen molar-refractivity contribution < 1.29 is 13.5 Å². The Bertz CT molecular complexity index is 1230. The Morgan fingerprint density at radius 2 is 1.43 bits per heavy atom. The third-order valence-corrected chi connectivity index (χ3v) is 6.80. The molecule has 1 unspecified atom stereocenters. The van der Waals surface area contributed by atoms with Gasteiger partial charge in [0.05, 0.1) is 11.0 Å². The molecule has 4 nitrogen and oxygen atoms in total. The number of aliphatic hydroxyl groups is 1. The summed E-state index contributed by atoms with van der Waals surface area (Å²) in [6.45, 7) is 1.92. The first-order valence-electron chi connectivity index (χ1n) is 9.77. The highest BCUT2D eigenvalue weighted by atomic mass is 32.2. The van der Waals surface area contributed by atoms with Gasteiger partial charge in [-0.2, -0.15) is 0 Å². The zero-order valence-electron chi connectivity index (χ0n) is 16.6. The summed E-state index contributed by atoms with van der Waals surface area (Å²) in [7, 11) is -3.73. The number of aromatic nitrogens is 1. The molecule has 0 aliphatic rings. The van der Waals surface area contributed by atoms with Crippen LogP contribution in [0, 0.1) is 6.92 Å². The van der Waals surface area contributed by atoms with Gasteiger partial charge in [0, 0.05) is 24.4 Å². The summed E-state index contributed by atoms with van der Waals surface area (Å²) in [4.78, 5) is 0.234.